The van der Waals surface area contributed by atoms with Gasteiger partial charge in [-0.25, -0.2) is 0 Å². The molecule has 0 saturated heterocycles. The van der Waals surface area contributed by atoms with Crippen LogP contribution < -0.4 is 4.74 Å². The van der Waals surface area contributed by atoms with Crippen molar-refractivity contribution in [2.24, 2.45) is 0 Å². The highest BCUT2D eigenvalue weighted by molar-refractivity contribution is 5.72. The molecule has 0 aromatic heterocycles. The number of aliphatic hydroxyl groups is 1. The van der Waals surface area contributed by atoms with Gasteiger partial charge < -0.3 is 9.84 Å². The minimum atomic E-state index is -0.238. The normalized spacial score (nSPS) is 10.0. The molecule has 0 atom stereocenters. The third-order valence-corrected chi connectivity index (χ3v) is 2.11. The van der Waals surface area contributed by atoms with E-state index in [1.165, 1.54) is 0 Å². The van der Waals surface area contributed by atoms with Crippen LogP contribution >= 0.6 is 0 Å². The van der Waals surface area contributed by atoms with Crippen molar-refractivity contribution in [2.45, 2.75) is 26.2 Å². The number of hydrogen-bond acceptors (Lipinski definition) is 3. The smallest absolute Gasteiger partial charge is 0.311 e. The van der Waals surface area contributed by atoms with Gasteiger partial charge in [0.15, 0.2) is 0 Å². The van der Waals surface area contributed by atoms with E-state index < -0.39 is 0 Å². The molecular weight excluding hydrogens is 192 g/mol. The lowest BCUT2D eigenvalue weighted by Crippen LogP contribution is -2.08. The first kappa shape index (κ1) is 11.7. The van der Waals surface area contributed by atoms with Gasteiger partial charge in [0.1, 0.15) is 5.75 Å². The van der Waals surface area contributed by atoms with Gasteiger partial charge in [-0.05, 0) is 31.4 Å². The maximum absolute atomic E-state index is 11.3. The monoisotopic (exact) mass is 208 g/mol. The second-order valence-corrected chi connectivity index (χ2v) is 3.42. The highest BCUT2D eigenvalue weighted by Crippen LogP contribution is 2.16. The fraction of sp³-hybridized carbons (Fsp3) is 0.417. The predicted octanol–water partition coefficient (Wildman–Crippen LogP) is 2.06. The summed E-state index contributed by atoms with van der Waals surface area (Å²) >= 11 is 0. The Morgan fingerprint density at radius 3 is 2.73 bits per heavy atom. The van der Waals surface area contributed by atoms with Crippen molar-refractivity contribution in [1.29, 1.82) is 0 Å². The van der Waals surface area contributed by atoms with Crippen LogP contribution in [0.3, 0.4) is 0 Å². The summed E-state index contributed by atoms with van der Waals surface area (Å²) in [6, 6.07) is 7.41. The van der Waals surface area contributed by atoms with Crippen LogP contribution in [0.25, 0.3) is 0 Å². The second-order valence-electron chi connectivity index (χ2n) is 3.42. The average Bonchev–Trinajstić information content (AvgIpc) is 2.22. The zero-order chi connectivity index (χ0) is 11.1. The van der Waals surface area contributed by atoms with Crippen LogP contribution in [-0.2, 0) is 4.79 Å². The van der Waals surface area contributed by atoms with Crippen LogP contribution in [0.2, 0.25) is 0 Å². The van der Waals surface area contributed by atoms with Gasteiger partial charge in [0.25, 0.3) is 0 Å². The lowest BCUT2D eigenvalue weighted by molar-refractivity contribution is -0.134. The molecule has 0 aliphatic heterocycles. The number of hydrogen-bond donors (Lipinski definition) is 1. The zero-order valence-electron chi connectivity index (χ0n) is 8.90. The molecule has 0 heterocycles. The van der Waals surface area contributed by atoms with E-state index in [1.54, 1.807) is 6.07 Å². The van der Waals surface area contributed by atoms with E-state index in [2.05, 4.69) is 0 Å². The van der Waals surface area contributed by atoms with Gasteiger partial charge in [-0.1, -0.05) is 18.2 Å². The number of carbonyl (C=O) groups is 1. The van der Waals surface area contributed by atoms with Crippen molar-refractivity contribution in [2.75, 3.05) is 6.61 Å². The van der Waals surface area contributed by atoms with Crippen LogP contribution in [0.1, 0.15) is 24.8 Å². The van der Waals surface area contributed by atoms with Gasteiger partial charge in [-0.2, -0.15) is 0 Å². The molecule has 15 heavy (non-hydrogen) atoms. The number of unbranched alkanes of at least 4 members (excludes halogenated alkanes) is 1. The molecule has 0 aliphatic rings. The average molecular weight is 208 g/mol. The number of carbonyl (C=O) groups excluding carboxylic acids is 1. The first-order valence-corrected chi connectivity index (χ1v) is 5.11. The standard InChI is InChI=1S/C12H16O3/c1-10-6-2-3-7-11(10)15-12(14)8-4-5-9-13/h2-3,6-7,13H,4-5,8-9H2,1H3. The number of rotatable bonds is 5. The van der Waals surface area contributed by atoms with Crippen molar-refractivity contribution in [3.63, 3.8) is 0 Å². The molecule has 1 aromatic rings. The van der Waals surface area contributed by atoms with Gasteiger partial charge in [-0.15, -0.1) is 0 Å². The molecule has 3 heteroatoms. The summed E-state index contributed by atoms with van der Waals surface area (Å²) in [5.41, 5.74) is 0.952. The number of para-hydroxylation sites is 1. The summed E-state index contributed by atoms with van der Waals surface area (Å²) in [5.74, 6) is 0.379. The number of esters is 1. The Morgan fingerprint density at radius 2 is 2.07 bits per heavy atom. The van der Waals surface area contributed by atoms with E-state index in [1.807, 2.05) is 25.1 Å². The number of aryl methyl sites for hydroxylation is 1. The Balaban J connectivity index is 2.41. The molecule has 0 amide bonds. The molecule has 1 aromatic carbocycles. The van der Waals surface area contributed by atoms with Crippen molar-refractivity contribution in [3.8, 4) is 5.75 Å². The Bertz CT molecular complexity index is 320. The Hall–Kier alpha value is -1.35. The van der Waals surface area contributed by atoms with Crippen molar-refractivity contribution in [3.05, 3.63) is 29.8 Å². The zero-order valence-corrected chi connectivity index (χ0v) is 8.90. The third kappa shape index (κ3) is 4.13. The van der Waals surface area contributed by atoms with Crippen LogP contribution in [0.5, 0.6) is 5.75 Å². The van der Waals surface area contributed by atoms with Crippen molar-refractivity contribution in [1.82, 2.24) is 0 Å². The van der Waals surface area contributed by atoms with Crippen LogP contribution in [0.15, 0.2) is 24.3 Å². The summed E-state index contributed by atoms with van der Waals surface area (Å²) < 4.78 is 5.17. The molecular formula is C12H16O3. The predicted molar refractivity (Wildman–Crippen MR) is 57.8 cm³/mol. The molecule has 0 saturated carbocycles. The molecule has 0 radical (unpaired) electrons. The van der Waals surface area contributed by atoms with E-state index in [9.17, 15) is 4.79 Å². The SMILES string of the molecule is Cc1ccccc1OC(=O)CCCCO. The largest absolute Gasteiger partial charge is 0.426 e. The van der Waals surface area contributed by atoms with E-state index in [0.29, 0.717) is 25.0 Å². The van der Waals surface area contributed by atoms with E-state index in [4.69, 9.17) is 9.84 Å². The quantitative estimate of drug-likeness (QED) is 0.457. The highest BCUT2D eigenvalue weighted by Gasteiger charge is 2.05. The molecule has 1 N–H and O–H groups in total. The van der Waals surface area contributed by atoms with Gasteiger partial charge >= 0.3 is 5.97 Å². The lowest BCUT2D eigenvalue weighted by Gasteiger charge is -2.06. The molecule has 0 fully saturated rings. The van der Waals surface area contributed by atoms with Gasteiger partial charge in [0, 0.05) is 13.0 Å². The minimum Gasteiger partial charge on any atom is -0.426 e. The van der Waals surface area contributed by atoms with Crippen molar-refractivity contribution < 1.29 is 14.6 Å². The molecule has 0 aliphatic carbocycles. The van der Waals surface area contributed by atoms with Crippen LogP contribution in [0, 0.1) is 6.92 Å². The Morgan fingerprint density at radius 1 is 1.33 bits per heavy atom. The maximum Gasteiger partial charge on any atom is 0.311 e. The summed E-state index contributed by atoms with van der Waals surface area (Å²) in [6.07, 6.45) is 1.67. The Labute approximate surface area is 89.7 Å². The number of aliphatic hydroxyl groups excluding tert-OH is 1. The summed E-state index contributed by atoms with van der Waals surface area (Å²) in [7, 11) is 0. The van der Waals surface area contributed by atoms with Gasteiger partial charge in [-0.3, -0.25) is 4.79 Å². The van der Waals surface area contributed by atoms with E-state index in [-0.39, 0.29) is 12.6 Å². The Kier molecular flexibility index (Phi) is 4.84. The molecule has 82 valence electrons. The second kappa shape index (κ2) is 6.19. The molecule has 3 nitrogen and oxygen atoms in total. The molecule has 0 bridgehead atoms. The van der Waals surface area contributed by atoms with Gasteiger partial charge in [0.05, 0.1) is 0 Å². The molecule has 1 rings (SSSR count). The third-order valence-electron chi connectivity index (χ3n) is 2.11. The number of ether oxygens (including phenoxy) is 1. The van der Waals surface area contributed by atoms with Crippen LogP contribution in [0.4, 0.5) is 0 Å². The van der Waals surface area contributed by atoms with Crippen molar-refractivity contribution >= 4 is 5.97 Å². The summed E-state index contributed by atoms with van der Waals surface area (Å²) in [5, 5.41) is 8.56. The number of benzene rings is 1. The fourth-order valence-corrected chi connectivity index (χ4v) is 1.23. The maximum atomic E-state index is 11.3. The van der Waals surface area contributed by atoms with E-state index in [0.717, 1.165) is 5.56 Å². The topological polar surface area (TPSA) is 46.5 Å². The summed E-state index contributed by atoms with van der Waals surface area (Å²) in [6.45, 7) is 2.02. The first-order chi connectivity index (χ1) is 7.24. The lowest BCUT2D eigenvalue weighted by atomic mass is 10.2. The van der Waals surface area contributed by atoms with Gasteiger partial charge in [0.2, 0.25) is 0 Å². The highest BCUT2D eigenvalue weighted by atomic mass is 16.5. The first-order valence-electron chi connectivity index (χ1n) is 5.11. The molecule has 0 unspecified atom stereocenters. The minimum absolute atomic E-state index is 0.123. The van der Waals surface area contributed by atoms with E-state index >= 15 is 0 Å². The molecule has 0 spiro atoms. The summed E-state index contributed by atoms with van der Waals surface area (Å²) in [4.78, 5) is 11.3. The van der Waals surface area contributed by atoms with Crippen LogP contribution in [-0.4, -0.2) is 17.7 Å². The fourth-order valence-electron chi connectivity index (χ4n) is 1.23.